The fourth-order valence-electron chi connectivity index (χ4n) is 2.48. The van der Waals surface area contributed by atoms with Gasteiger partial charge in [-0.05, 0) is 37.5 Å². The molecule has 0 saturated carbocycles. The third kappa shape index (κ3) is 1.78. The molecule has 1 heterocycles. The van der Waals surface area contributed by atoms with E-state index in [1.165, 1.54) is 0 Å². The quantitative estimate of drug-likeness (QED) is 0.801. The number of nitrogens with one attached hydrogen (secondary N) is 1. The second-order valence-electron chi connectivity index (χ2n) is 4.68. The molecule has 94 valence electrons. The van der Waals surface area contributed by atoms with Gasteiger partial charge in [-0.3, -0.25) is 4.79 Å². The Bertz CT molecular complexity index is 528. The van der Waals surface area contributed by atoms with E-state index in [0.29, 0.717) is 0 Å². The van der Waals surface area contributed by atoms with Gasteiger partial charge in [-0.2, -0.15) is 0 Å². The van der Waals surface area contributed by atoms with Crippen LogP contribution < -0.4 is 5.32 Å². The molecule has 1 aliphatic heterocycles. The zero-order chi connectivity index (χ0) is 13.2. The van der Waals surface area contributed by atoms with Gasteiger partial charge >= 0.3 is 0 Å². The van der Waals surface area contributed by atoms with Gasteiger partial charge in [0.2, 0.25) is 5.91 Å². The Kier molecular flexibility index (Phi) is 3.37. The normalized spacial score (nSPS) is 23.3. The predicted octanol–water partition coefficient (Wildman–Crippen LogP) is 3.81. The largest absolute Gasteiger partial charge is 0.325 e. The van der Waals surface area contributed by atoms with Crippen LogP contribution in [0.1, 0.15) is 32.8 Å². The lowest BCUT2D eigenvalue weighted by molar-refractivity contribution is -0.119. The van der Waals surface area contributed by atoms with Crippen molar-refractivity contribution < 1.29 is 4.79 Å². The number of rotatable bonds is 3. The van der Waals surface area contributed by atoms with E-state index in [1.54, 1.807) is 0 Å². The standard InChI is InChI=1S/C16H19NO/c1-4-6-9-12(5-2)16(3)13-10-7-8-11-14(13)17-15(16)18/h5-11H,4H2,1-3H3,(H,17,18)/b9-6-,12-5+. The second kappa shape index (κ2) is 4.81. The van der Waals surface area contributed by atoms with Crippen LogP contribution >= 0.6 is 0 Å². The summed E-state index contributed by atoms with van der Waals surface area (Å²) in [6.45, 7) is 6.06. The van der Waals surface area contributed by atoms with Crippen LogP contribution in [0.3, 0.4) is 0 Å². The Labute approximate surface area is 108 Å². The molecular weight excluding hydrogens is 222 g/mol. The highest BCUT2D eigenvalue weighted by atomic mass is 16.2. The van der Waals surface area contributed by atoms with Gasteiger partial charge in [0, 0.05) is 5.69 Å². The maximum atomic E-state index is 12.3. The molecular formula is C16H19NO. The van der Waals surface area contributed by atoms with Crippen molar-refractivity contribution in [1.82, 2.24) is 0 Å². The highest BCUT2D eigenvalue weighted by molar-refractivity contribution is 6.08. The molecule has 1 atom stereocenters. The van der Waals surface area contributed by atoms with Gasteiger partial charge in [0.15, 0.2) is 0 Å². The molecule has 1 amide bonds. The summed E-state index contributed by atoms with van der Waals surface area (Å²) in [6.07, 6.45) is 7.14. The summed E-state index contributed by atoms with van der Waals surface area (Å²) < 4.78 is 0. The van der Waals surface area contributed by atoms with Gasteiger partial charge in [0.05, 0.1) is 5.41 Å². The van der Waals surface area contributed by atoms with Crippen molar-refractivity contribution in [2.24, 2.45) is 0 Å². The van der Waals surface area contributed by atoms with E-state index >= 15 is 0 Å². The summed E-state index contributed by atoms with van der Waals surface area (Å²) in [5.41, 5.74) is 2.46. The minimum atomic E-state index is -0.572. The highest BCUT2D eigenvalue weighted by Crippen LogP contribution is 2.42. The summed E-state index contributed by atoms with van der Waals surface area (Å²) in [5, 5.41) is 2.97. The van der Waals surface area contributed by atoms with Gasteiger partial charge in [-0.15, -0.1) is 0 Å². The van der Waals surface area contributed by atoms with Crippen molar-refractivity contribution in [2.45, 2.75) is 32.6 Å². The van der Waals surface area contributed by atoms with E-state index in [9.17, 15) is 4.79 Å². The first-order chi connectivity index (χ1) is 8.64. The first kappa shape index (κ1) is 12.6. The number of anilines is 1. The molecule has 1 aromatic rings. The average Bonchev–Trinajstić information content (AvgIpc) is 2.64. The molecule has 2 rings (SSSR count). The molecule has 0 fully saturated rings. The predicted molar refractivity (Wildman–Crippen MR) is 75.6 cm³/mol. The molecule has 0 spiro atoms. The third-order valence-corrected chi connectivity index (χ3v) is 3.59. The molecule has 2 heteroatoms. The van der Waals surface area contributed by atoms with Crippen LogP contribution in [0.5, 0.6) is 0 Å². The average molecular weight is 241 g/mol. The molecule has 2 nitrogen and oxygen atoms in total. The van der Waals surface area contributed by atoms with E-state index in [2.05, 4.69) is 24.4 Å². The van der Waals surface area contributed by atoms with Crippen LogP contribution in [0.25, 0.3) is 0 Å². The van der Waals surface area contributed by atoms with Crippen LogP contribution in [-0.2, 0) is 10.2 Å². The smallest absolute Gasteiger partial charge is 0.239 e. The Morgan fingerprint density at radius 3 is 2.78 bits per heavy atom. The number of amides is 1. The molecule has 1 aliphatic rings. The third-order valence-electron chi connectivity index (χ3n) is 3.59. The maximum absolute atomic E-state index is 12.3. The fraction of sp³-hybridized carbons (Fsp3) is 0.312. The monoisotopic (exact) mass is 241 g/mol. The molecule has 1 aromatic carbocycles. The topological polar surface area (TPSA) is 29.1 Å². The highest BCUT2D eigenvalue weighted by Gasteiger charge is 2.44. The number of fused-ring (bicyclic) bond motifs is 1. The van der Waals surface area contributed by atoms with Gasteiger partial charge in [0.1, 0.15) is 0 Å². The zero-order valence-corrected chi connectivity index (χ0v) is 11.2. The molecule has 0 saturated heterocycles. The number of hydrogen-bond donors (Lipinski definition) is 1. The number of carbonyl (C=O) groups is 1. The van der Waals surface area contributed by atoms with Gasteiger partial charge in [-0.1, -0.05) is 43.4 Å². The second-order valence-corrected chi connectivity index (χ2v) is 4.68. The first-order valence-electron chi connectivity index (χ1n) is 6.38. The number of carbonyl (C=O) groups excluding carboxylic acids is 1. The first-order valence-corrected chi connectivity index (χ1v) is 6.38. The molecule has 0 radical (unpaired) electrons. The van der Waals surface area contributed by atoms with E-state index in [4.69, 9.17) is 0 Å². The van der Waals surface area contributed by atoms with Crippen LogP contribution in [0.15, 0.2) is 48.1 Å². The van der Waals surface area contributed by atoms with Gasteiger partial charge in [-0.25, -0.2) is 0 Å². The van der Waals surface area contributed by atoms with Crippen molar-refractivity contribution in [2.75, 3.05) is 5.32 Å². The van der Waals surface area contributed by atoms with E-state index in [-0.39, 0.29) is 5.91 Å². The van der Waals surface area contributed by atoms with E-state index in [0.717, 1.165) is 23.2 Å². The van der Waals surface area contributed by atoms with Crippen LogP contribution in [-0.4, -0.2) is 5.91 Å². The van der Waals surface area contributed by atoms with Gasteiger partial charge in [0.25, 0.3) is 0 Å². The van der Waals surface area contributed by atoms with Gasteiger partial charge < -0.3 is 5.32 Å². The Hall–Kier alpha value is -1.83. The molecule has 0 bridgehead atoms. The van der Waals surface area contributed by atoms with Crippen LogP contribution in [0.4, 0.5) is 5.69 Å². The van der Waals surface area contributed by atoms with Crippen LogP contribution in [0.2, 0.25) is 0 Å². The summed E-state index contributed by atoms with van der Waals surface area (Å²) in [6, 6.07) is 7.90. The molecule has 0 aromatic heterocycles. The minimum absolute atomic E-state index is 0.0533. The maximum Gasteiger partial charge on any atom is 0.239 e. The summed E-state index contributed by atoms with van der Waals surface area (Å²) >= 11 is 0. The van der Waals surface area contributed by atoms with Crippen LogP contribution in [0, 0.1) is 0 Å². The lowest BCUT2D eigenvalue weighted by Gasteiger charge is -2.24. The number of hydrogen-bond acceptors (Lipinski definition) is 1. The van der Waals surface area contributed by atoms with E-state index < -0.39 is 5.41 Å². The molecule has 18 heavy (non-hydrogen) atoms. The molecule has 1 unspecified atom stereocenters. The summed E-state index contributed by atoms with van der Waals surface area (Å²) in [4.78, 5) is 12.3. The van der Waals surface area contributed by atoms with E-state index in [1.807, 2.05) is 44.2 Å². The van der Waals surface area contributed by atoms with Crippen molar-refractivity contribution in [1.29, 1.82) is 0 Å². The summed E-state index contributed by atoms with van der Waals surface area (Å²) in [7, 11) is 0. The Balaban J connectivity index is 2.53. The fourth-order valence-corrected chi connectivity index (χ4v) is 2.48. The van der Waals surface area contributed by atoms with Crippen molar-refractivity contribution >= 4 is 11.6 Å². The molecule has 0 aliphatic carbocycles. The Morgan fingerprint density at radius 1 is 1.39 bits per heavy atom. The lowest BCUT2D eigenvalue weighted by atomic mass is 9.76. The minimum Gasteiger partial charge on any atom is -0.325 e. The van der Waals surface area contributed by atoms with Crippen molar-refractivity contribution in [3.8, 4) is 0 Å². The van der Waals surface area contributed by atoms with Crippen molar-refractivity contribution in [3.63, 3.8) is 0 Å². The zero-order valence-electron chi connectivity index (χ0n) is 11.2. The number of para-hydroxylation sites is 1. The SMILES string of the molecule is C/C=C(\C=C/CC)C1(C)C(=O)Nc2ccccc21. The molecule has 1 N–H and O–H groups in total. The Morgan fingerprint density at radius 2 is 2.11 bits per heavy atom. The number of benzene rings is 1. The lowest BCUT2D eigenvalue weighted by Crippen LogP contribution is -2.32. The summed E-state index contributed by atoms with van der Waals surface area (Å²) in [5.74, 6) is 0.0533. The van der Waals surface area contributed by atoms with Crippen molar-refractivity contribution in [3.05, 3.63) is 53.6 Å². The number of allylic oxidation sites excluding steroid dienone is 3.